The predicted molar refractivity (Wildman–Crippen MR) is 21.7 cm³/mol. The Morgan fingerprint density at radius 3 is 1.00 bits per heavy atom. The molecule has 0 aliphatic heterocycles. The van der Waals surface area contributed by atoms with Crippen molar-refractivity contribution in [1.82, 2.24) is 0 Å². The van der Waals surface area contributed by atoms with Crippen molar-refractivity contribution in [3.05, 3.63) is 0 Å². The summed E-state index contributed by atoms with van der Waals surface area (Å²) in [5.41, 5.74) is 0. The van der Waals surface area contributed by atoms with E-state index in [0.717, 1.165) is 0 Å². The minimum atomic E-state index is 0. The molecule has 4 heteroatoms. The molecule has 0 aliphatic carbocycles. The third-order valence-electron chi connectivity index (χ3n) is 0. The third-order valence-corrected chi connectivity index (χ3v) is 0. The summed E-state index contributed by atoms with van der Waals surface area (Å²) in [6.45, 7) is 0. The SMILES string of the molecule is S.[Cu].[Fe].[GeH4]. The van der Waals surface area contributed by atoms with Crippen LogP contribution < -0.4 is 0 Å². The normalized spacial score (nSPS) is 0. The standard InChI is InChI=1S/Cu.Fe.GeH4.H2S/h;;1H4;1H2. The Morgan fingerprint density at radius 2 is 1.00 bits per heavy atom. The van der Waals surface area contributed by atoms with Gasteiger partial charge >= 0.3 is 17.6 Å². The van der Waals surface area contributed by atoms with Gasteiger partial charge in [-0.3, -0.25) is 0 Å². The Morgan fingerprint density at radius 1 is 1.00 bits per heavy atom. The van der Waals surface area contributed by atoms with E-state index >= 15 is 0 Å². The average molecular weight is 230 g/mol. The molecule has 0 saturated carbocycles. The van der Waals surface area contributed by atoms with E-state index in [-0.39, 0.29) is 65.2 Å². The van der Waals surface area contributed by atoms with E-state index in [9.17, 15) is 0 Å². The molecule has 0 bridgehead atoms. The van der Waals surface area contributed by atoms with E-state index in [1.54, 1.807) is 0 Å². The van der Waals surface area contributed by atoms with Crippen LogP contribution in [0, 0.1) is 0 Å². The van der Waals surface area contributed by atoms with Crippen LogP contribution in [0.5, 0.6) is 0 Å². The molecule has 0 aromatic carbocycles. The van der Waals surface area contributed by atoms with Gasteiger partial charge in [0.05, 0.1) is 0 Å². The van der Waals surface area contributed by atoms with Crippen LogP contribution in [0.2, 0.25) is 0 Å². The predicted octanol–water partition coefficient (Wildman–Crippen LogP) is -1.34. The average Bonchev–Trinajstić information content (AvgIpc) is 0. The monoisotopic (exact) mass is 231 g/mol. The molecule has 0 aromatic heterocycles. The van der Waals surface area contributed by atoms with Crippen LogP contribution in [-0.4, -0.2) is 17.6 Å². The van der Waals surface area contributed by atoms with E-state index in [2.05, 4.69) is 0 Å². The molecule has 4 heavy (non-hydrogen) atoms. The summed E-state index contributed by atoms with van der Waals surface area (Å²) in [6, 6.07) is 0. The molecule has 1 radical (unpaired) electrons. The van der Waals surface area contributed by atoms with Gasteiger partial charge in [0.25, 0.3) is 0 Å². The quantitative estimate of drug-likeness (QED) is 0.452. The van der Waals surface area contributed by atoms with Crippen LogP contribution in [0.15, 0.2) is 0 Å². The summed E-state index contributed by atoms with van der Waals surface area (Å²) in [5.74, 6) is 0. The van der Waals surface area contributed by atoms with E-state index in [1.807, 2.05) is 0 Å². The van der Waals surface area contributed by atoms with Crippen LogP contribution in [0.1, 0.15) is 0 Å². The molecule has 35 valence electrons. The van der Waals surface area contributed by atoms with Gasteiger partial charge in [-0.1, -0.05) is 0 Å². The van der Waals surface area contributed by atoms with Gasteiger partial charge in [0, 0.05) is 34.1 Å². The molecule has 0 N–H and O–H groups in total. The first-order valence-corrected chi connectivity index (χ1v) is 0. The van der Waals surface area contributed by atoms with Crippen molar-refractivity contribution >= 4 is 31.1 Å². The van der Waals surface area contributed by atoms with E-state index in [1.165, 1.54) is 0 Å². The second-order valence-corrected chi connectivity index (χ2v) is 0. The summed E-state index contributed by atoms with van der Waals surface area (Å²) in [7, 11) is 0. The first kappa shape index (κ1) is 38.7. The molecule has 0 aliphatic rings. The molecule has 0 amide bonds. The first-order valence-electron chi connectivity index (χ1n) is 0. The van der Waals surface area contributed by atoms with Crippen molar-refractivity contribution in [1.29, 1.82) is 0 Å². The zero-order valence-corrected chi connectivity index (χ0v) is 4.20. The summed E-state index contributed by atoms with van der Waals surface area (Å²) < 4.78 is 0. The summed E-state index contributed by atoms with van der Waals surface area (Å²) >= 11 is 0. The number of rotatable bonds is 0. The van der Waals surface area contributed by atoms with Gasteiger partial charge in [-0.15, -0.1) is 0 Å². The van der Waals surface area contributed by atoms with Crippen LogP contribution >= 0.6 is 13.5 Å². The van der Waals surface area contributed by atoms with Gasteiger partial charge in [-0.25, -0.2) is 0 Å². The van der Waals surface area contributed by atoms with Gasteiger partial charge in [0.15, 0.2) is 0 Å². The van der Waals surface area contributed by atoms with Crippen LogP contribution in [0.4, 0.5) is 0 Å². The topological polar surface area (TPSA) is 0 Å². The fraction of sp³-hybridized carbons (Fsp3) is 0. The van der Waals surface area contributed by atoms with Gasteiger partial charge in [-0.2, -0.15) is 13.5 Å². The Kier molecular flexibility index (Phi) is 197. The molecule has 0 saturated heterocycles. The van der Waals surface area contributed by atoms with Crippen LogP contribution in [-0.2, 0) is 34.1 Å². The zero-order chi connectivity index (χ0) is 0. The van der Waals surface area contributed by atoms with Crippen LogP contribution in [0.25, 0.3) is 0 Å². The molecule has 0 atom stereocenters. The zero-order valence-electron chi connectivity index (χ0n) is 1.16. The molecule has 0 spiro atoms. The van der Waals surface area contributed by atoms with Gasteiger partial charge in [-0.05, 0) is 0 Å². The van der Waals surface area contributed by atoms with Gasteiger partial charge < -0.3 is 0 Å². The Labute approximate surface area is 64.9 Å². The minimum absolute atomic E-state index is 0. The molecule has 0 aromatic rings. The Balaban J connectivity index is 0. The van der Waals surface area contributed by atoms with Crippen molar-refractivity contribution < 1.29 is 34.1 Å². The molecule has 0 rings (SSSR count). The summed E-state index contributed by atoms with van der Waals surface area (Å²) in [6.07, 6.45) is 0. The first-order chi connectivity index (χ1) is 0. The second-order valence-electron chi connectivity index (χ2n) is 0. The molecule has 0 nitrogen and oxygen atoms in total. The van der Waals surface area contributed by atoms with Gasteiger partial charge in [0.1, 0.15) is 0 Å². The third kappa shape index (κ3) is 9.06. The molecular formula is H6CuFeGeS. The fourth-order valence-electron chi connectivity index (χ4n) is 0. The molecule has 0 unspecified atom stereocenters. The van der Waals surface area contributed by atoms with Crippen molar-refractivity contribution in [2.45, 2.75) is 0 Å². The van der Waals surface area contributed by atoms with E-state index in [0.29, 0.717) is 0 Å². The van der Waals surface area contributed by atoms with Crippen molar-refractivity contribution in [3.8, 4) is 0 Å². The maximum atomic E-state index is 0. The fourth-order valence-corrected chi connectivity index (χ4v) is 0. The van der Waals surface area contributed by atoms with Gasteiger partial charge in [0.2, 0.25) is 0 Å². The Hall–Kier alpha value is 1.93. The van der Waals surface area contributed by atoms with E-state index in [4.69, 9.17) is 0 Å². The number of hydrogen-bond acceptors (Lipinski definition) is 0. The van der Waals surface area contributed by atoms with Crippen LogP contribution in [0.3, 0.4) is 0 Å². The molecule has 0 fully saturated rings. The maximum absolute atomic E-state index is 0. The summed E-state index contributed by atoms with van der Waals surface area (Å²) in [5, 5.41) is 0. The Bertz CT molecular complexity index is 8.00. The van der Waals surface area contributed by atoms with E-state index < -0.39 is 0 Å². The summed E-state index contributed by atoms with van der Waals surface area (Å²) in [4.78, 5) is 0. The van der Waals surface area contributed by atoms with Crippen molar-refractivity contribution in [2.24, 2.45) is 0 Å². The molecular weight excluding hydrogens is 224 g/mol. The van der Waals surface area contributed by atoms with Crippen molar-refractivity contribution in [3.63, 3.8) is 0 Å². The second kappa shape index (κ2) is 20.4. The van der Waals surface area contributed by atoms with Crippen molar-refractivity contribution in [2.75, 3.05) is 0 Å². The number of hydrogen-bond donors (Lipinski definition) is 0. The molecule has 0 heterocycles.